The molecule has 1 N–H and O–H groups in total. The number of anilines is 1. The summed E-state index contributed by atoms with van der Waals surface area (Å²) in [5.41, 5.74) is 0.833. The van der Waals surface area contributed by atoms with Crippen molar-refractivity contribution in [1.82, 2.24) is 0 Å². The number of fused-ring (bicyclic) bond motifs is 2. The molecule has 2 aliphatic rings. The van der Waals surface area contributed by atoms with Crippen LogP contribution in [0, 0.1) is 23.6 Å². The van der Waals surface area contributed by atoms with Crippen LogP contribution in [0.1, 0.15) is 12.8 Å². The van der Waals surface area contributed by atoms with Crippen molar-refractivity contribution in [3.8, 4) is 5.75 Å². The molecule has 3 rings (SSSR count). The molecule has 1 aromatic rings. The van der Waals surface area contributed by atoms with Crippen LogP contribution in [0.15, 0.2) is 30.4 Å². The number of hydrogen-bond acceptors (Lipinski definition) is 2. The van der Waals surface area contributed by atoms with Gasteiger partial charge in [-0.3, -0.25) is 0 Å². The van der Waals surface area contributed by atoms with Crippen molar-refractivity contribution >= 4 is 5.69 Å². The summed E-state index contributed by atoms with van der Waals surface area (Å²) in [4.78, 5) is 0. The average Bonchev–Trinajstić information content (AvgIpc) is 2.98. The molecule has 0 saturated heterocycles. The van der Waals surface area contributed by atoms with E-state index in [4.69, 9.17) is 4.74 Å². The van der Waals surface area contributed by atoms with Crippen LogP contribution < -0.4 is 10.1 Å². The fourth-order valence-corrected chi connectivity index (χ4v) is 3.15. The third-order valence-electron chi connectivity index (χ3n) is 4.14. The van der Waals surface area contributed by atoms with Gasteiger partial charge in [-0.1, -0.05) is 12.2 Å². The molecule has 1 aromatic carbocycles. The molecule has 0 amide bonds. The van der Waals surface area contributed by atoms with Crippen LogP contribution in [0.5, 0.6) is 5.75 Å². The molecule has 18 heavy (non-hydrogen) atoms. The first-order chi connectivity index (χ1) is 8.76. The Morgan fingerprint density at radius 2 is 2.22 bits per heavy atom. The Hall–Kier alpha value is -1.51. The molecule has 1 fully saturated rings. The van der Waals surface area contributed by atoms with E-state index >= 15 is 0 Å². The molecule has 0 aliphatic heterocycles. The largest absolute Gasteiger partial charge is 0.494 e. The Balaban J connectivity index is 1.60. The van der Waals surface area contributed by atoms with Gasteiger partial charge in [-0.05, 0) is 42.7 Å². The minimum absolute atomic E-state index is 0.295. The molecule has 2 bridgehead atoms. The Morgan fingerprint density at radius 1 is 1.33 bits per heavy atom. The highest BCUT2D eigenvalue weighted by atomic mass is 19.1. The molecule has 0 heterocycles. The van der Waals surface area contributed by atoms with Crippen LogP contribution in [0.4, 0.5) is 10.1 Å². The highest BCUT2D eigenvalue weighted by Crippen LogP contribution is 2.43. The molecular formula is C15H18FNO. The predicted molar refractivity (Wildman–Crippen MR) is 70.3 cm³/mol. The number of hydrogen-bond donors (Lipinski definition) is 1. The quantitative estimate of drug-likeness (QED) is 0.823. The normalized spacial score (nSPS) is 28.7. The minimum atomic E-state index is -0.310. The van der Waals surface area contributed by atoms with Crippen LogP contribution in [0.25, 0.3) is 0 Å². The summed E-state index contributed by atoms with van der Waals surface area (Å²) >= 11 is 0. The Morgan fingerprint density at radius 3 is 2.83 bits per heavy atom. The zero-order valence-electron chi connectivity index (χ0n) is 10.5. The van der Waals surface area contributed by atoms with Gasteiger partial charge >= 0.3 is 0 Å². The third-order valence-corrected chi connectivity index (χ3v) is 4.14. The highest BCUT2D eigenvalue weighted by Gasteiger charge is 2.35. The zero-order chi connectivity index (χ0) is 12.5. The van der Waals surface area contributed by atoms with E-state index in [1.54, 1.807) is 6.07 Å². The number of allylic oxidation sites excluding steroid dienone is 2. The Bertz CT molecular complexity index is 472. The van der Waals surface area contributed by atoms with Crippen LogP contribution in [0.2, 0.25) is 0 Å². The Kier molecular flexibility index (Phi) is 2.98. The fourth-order valence-electron chi connectivity index (χ4n) is 3.15. The molecule has 3 unspecified atom stereocenters. The maximum absolute atomic E-state index is 13.5. The van der Waals surface area contributed by atoms with E-state index in [0.717, 1.165) is 24.1 Å². The van der Waals surface area contributed by atoms with Crippen molar-refractivity contribution in [3.05, 3.63) is 36.2 Å². The number of ether oxygens (including phenoxy) is 1. The molecule has 3 heteroatoms. The number of rotatable bonds is 4. The lowest BCUT2D eigenvalue weighted by molar-refractivity contribution is 0.386. The van der Waals surface area contributed by atoms with E-state index in [9.17, 15) is 4.39 Å². The van der Waals surface area contributed by atoms with Crippen LogP contribution in [-0.2, 0) is 0 Å². The van der Waals surface area contributed by atoms with E-state index < -0.39 is 0 Å². The van der Waals surface area contributed by atoms with Gasteiger partial charge in [-0.2, -0.15) is 0 Å². The maximum atomic E-state index is 13.5. The van der Waals surface area contributed by atoms with Gasteiger partial charge in [0.1, 0.15) is 0 Å². The van der Waals surface area contributed by atoms with Crippen LogP contribution in [-0.4, -0.2) is 13.7 Å². The molecule has 0 radical (unpaired) electrons. The second-order valence-electron chi connectivity index (χ2n) is 5.27. The van der Waals surface area contributed by atoms with E-state index in [-0.39, 0.29) is 5.82 Å². The topological polar surface area (TPSA) is 21.3 Å². The summed E-state index contributed by atoms with van der Waals surface area (Å²) in [5, 5.41) is 3.33. The van der Waals surface area contributed by atoms with Gasteiger partial charge in [0.2, 0.25) is 0 Å². The first-order valence-electron chi connectivity index (χ1n) is 6.52. The monoisotopic (exact) mass is 247 g/mol. The number of halogens is 1. The minimum Gasteiger partial charge on any atom is -0.494 e. The summed E-state index contributed by atoms with van der Waals surface area (Å²) < 4.78 is 18.4. The summed E-state index contributed by atoms with van der Waals surface area (Å²) in [7, 11) is 1.48. The lowest BCUT2D eigenvalue weighted by Crippen LogP contribution is -2.18. The number of benzene rings is 1. The average molecular weight is 247 g/mol. The van der Waals surface area contributed by atoms with Crippen molar-refractivity contribution in [2.45, 2.75) is 12.8 Å². The first-order valence-corrected chi connectivity index (χ1v) is 6.52. The summed E-state index contributed by atoms with van der Waals surface area (Å²) in [5.74, 6) is 2.20. The molecule has 0 aromatic heterocycles. The third kappa shape index (κ3) is 2.09. The summed E-state index contributed by atoms with van der Waals surface area (Å²) in [6, 6.07) is 5.03. The van der Waals surface area contributed by atoms with Crippen molar-refractivity contribution in [3.63, 3.8) is 0 Å². The van der Waals surface area contributed by atoms with Gasteiger partial charge in [0, 0.05) is 18.3 Å². The second kappa shape index (κ2) is 4.63. The molecule has 2 aliphatic carbocycles. The fraction of sp³-hybridized carbons (Fsp3) is 0.467. The van der Waals surface area contributed by atoms with E-state index in [0.29, 0.717) is 11.7 Å². The van der Waals surface area contributed by atoms with Crippen LogP contribution in [0.3, 0.4) is 0 Å². The van der Waals surface area contributed by atoms with Crippen molar-refractivity contribution < 1.29 is 9.13 Å². The smallest absolute Gasteiger partial charge is 0.167 e. The second-order valence-corrected chi connectivity index (χ2v) is 5.27. The van der Waals surface area contributed by atoms with Gasteiger partial charge in [-0.15, -0.1) is 0 Å². The van der Waals surface area contributed by atoms with Crippen molar-refractivity contribution in [2.24, 2.45) is 17.8 Å². The molecule has 2 nitrogen and oxygen atoms in total. The van der Waals surface area contributed by atoms with E-state index in [1.165, 1.54) is 26.0 Å². The van der Waals surface area contributed by atoms with Gasteiger partial charge in [0.05, 0.1) is 7.11 Å². The van der Waals surface area contributed by atoms with Crippen LogP contribution >= 0.6 is 0 Å². The maximum Gasteiger partial charge on any atom is 0.167 e. The molecule has 96 valence electrons. The molecule has 0 spiro atoms. The number of methoxy groups -OCH3 is 1. The highest BCUT2D eigenvalue weighted by molar-refractivity contribution is 5.47. The standard InChI is InChI=1S/C15H18FNO/c1-18-15-5-4-13(8-14(15)16)17-9-12-7-10-2-3-11(12)6-10/h2-5,8,10-12,17H,6-7,9H2,1H3. The lowest BCUT2D eigenvalue weighted by atomic mass is 9.93. The van der Waals surface area contributed by atoms with Gasteiger partial charge in [0.15, 0.2) is 11.6 Å². The lowest BCUT2D eigenvalue weighted by Gasteiger charge is -2.19. The van der Waals surface area contributed by atoms with Gasteiger partial charge in [0.25, 0.3) is 0 Å². The van der Waals surface area contributed by atoms with Gasteiger partial charge in [-0.25, -0.2) is 4.39 Å². The van der Waals surface area contributed by atoms with Gasteiger partial charge < -0.3 is 10.1 Å². The first kappa shape index (κ1) is 11.6. The van der Waals surface area contributed by atoms with Crippen molar-refractivity contribution in [1.29, 1.82) is 0 Å². The summed E-state index contributed by atoms with van der Waals surface area (Å²) in [6.45, 7) is 0.928. The SMILES string of the molecule is COc1ccc(NCC2CC3C=CC2C3)cc1F. The molecule has 1 saturated carbocycles. The van der Waals surface area contributed by atoms with Crippen molar-refractivity contribution in [2.75, 3.05) is 19.0 Å². The van der Waals surface area contributed by atoms with E-state index in [2.05, 4.69) is 17.5 Å². The number of nitrogens with one attached hydrogen (secondary N) is 1. The Labute approximate surface area is 107 Å². The zero-order valence-corrected chi connectivity index (χ0v) is 10.5. The molecular weight excluding hydrogens is 229 g/mol. The predicted octanol–water partition coefficient (Wildman–Crippen LogP) is 3.46. The molecule has 3 atom stereocenters. The van der Waals surface area contributed by atoms with E-state index in [1.807, 2.05) is 6.07 Å². The summed E-state index contributed by atoms with van der Waals surface area (Å²) in [6.07, 6.45) is 7.26.